The Morgan fingerprint density at radius 1 is 0.944 bits per heavy atom. The van der Waals surface area contributed by atoms with Gasteiger partial charge in [-0.05, 0) is 72.3 Å². The molecule has 2 aliphatic heterocycles. The van der Waals surface area contributed by atoms with E-state index in [1.54, 1.807) is 13.1 Å². The Kier molecular flexibility index (Phi) is 5.00. The van der Waals surface area contributed by atoms with Crippen LogP contribution in [-0.4, -0.2) is 57.6 Å². The number of aryl methyl sites for hydroxylation is 2. The van der Waals surface area contributed by atoms with E-state index in [4.69, 9.17) is 9.31 Å². The van der Waals surface area contributed by atoms with Crippen molar-refractivity contribution in [3.05, 3.63) is 52.6 Å². The number of amides is 2. The Morgan fingerprint density at radius 2 is 1.56 bits per heavy atom. The monoisotopic (exact) mass is 511 g/mol. The molecule has 12 heteroatoms. The number of rotatable bonds is 4. The van der Waals surface area contributed by atoms with Crippen molar-refractivity contribution >= 4 is 45.8 Å². The quantitative estimate of drug-likeness (QED) is 0.584. The number of quaternary nitrogens is 1. The minimum absolute atomic E-state index is 0.0604. The number of urea groups is 1. The molecule has 0 atom stereocenters. The molecule has 0 unspecified atom stereocenters. The van der Waals surface area contributed by atoms with E-state index in [9.17, 15) is 22.8 Å². The van der Waals surface area contributed by atoms with E-state index in [0.29, 0.717) is 0 Å². The SMILES string of the molecule is C[N+]12CC(=O)O[B-]1(c1cccc(S(=O)(=O)NC(=O)Nc3c4c(cc5c3CCC5)CCC4)c1)OC(=O)C2. The van der Waals surface area contributed by atoms with Crippen LogP contribution in [0.25, 0.3) is 0 Å². The van der Waals surface area contributed by atoms with Crippen LogP contribution in [-0.2, 0) is 54.6 Å². The lowest BCUT2D eigenvalue weighted by molar-refractivity contribution is -0.791. The van der Waals surface area contributed by atoms with E-state index in [1.807, 2.05) is 0 Å². The third-order valence-corrected chi connectivity index (χ3v) is 9.24. The van der Waals surface area contributed by atoms with Gasteiger partial charge in [0.1, 0.15) is 13.1 Å². The first-order chi connectivity index (χ1) is 17.1. The zero-order valence-electron chi connectivity index (χ0n) is 19.8. The van der Waals surface area contributed by atoms with Crippen molar-refractivity contribution in [2.24, 2.45) is 0 Å². The highest BCUT2D eigenvalue weighted by molar-refractivity contribution is 7.90. The lowest BCUT2D eigenvalue weighted by atomic mass is 9.61. The highest BCUT2D eigenvalue weighted by atomic mass is 32.2. The van der Waals surface area contributed by atoms with Crippen LogP contribution in [0.2, 0.25) is 0 Å². The average Bonchev–Trinajstić information content (AvgIpc) is 3.55. The summed E-state index contributed by atoms with van der Waals surface area (Å²) in [4.78, 5) is 36.9. The van der Waals surface area contributed by atoms with Crippen molar-refractivity contribution in [2.75, 3.05) is 25.5 Å². The predicted molar refractivity (Wildman–Crippen MR) is 130 cm³/mol. The Bertz CT molecular complexity index is 1400. The highest BCUT2D eigenvalue weighted by Gasteiger charge is 2.66. The Labute approximate surface area is 208 Å². The molecule has 0 radical (unpaired) electrons. The maximum Gasteiger partial charge on any atom is 0.614 e. The molecule has 2 aromatic carbocycles. The topological polar surface area (TPSA) is 128 Å². The van der Waals surface area contributed by atoms with Gasteiger partial charge in [0.25, 0.3) is 10.0 Å². The molecule has 188 valence electrons. The van der Waals surface area contributed by atoms with Crippen molar-refractivity contribution in [3.8, 4) is 0 Å². The van der Waals surface area contributed by atoms with Crippen molar-refractivity contribution in [1.29, 1.82) is 0 Å². The van der Waals surface area contributed by atoms with Crippen LogP contribution in [0.1, 0.15) is 35.1 Å². The standard InChI is InChI=1S/C24H26BN3O7S/c1-28-13-21(29)34-25(28,35-22(30)14-28)17-7-4-8-18(12-17)36(32,33)27-24(31)26-23-19-9-2-5-15(19)11-16-6-3-10-20(16)23/h4,7-8,11-12H,2-3,5-6,9-10,13-14H2,1H3,(H2,26,27,31). The summed E-state index contributed by atoms with van der Waals surface area (Å²) in [6.45, 7) is -2.71. The number of carbonyl (C=O) groups is 3. The molecule has 0 saturated carbocycles. The van der Waals surface area contributed by atoms with Crippen LogP contribution >= 0.6 is 0 Å². The summed E-state index contributed by atoms with van der Waals surface area (Å²) in [5.41, 5.74) is 5.63. The molecule has 36 heavy (non-hydrogen) atoms. The predicted octanol–water partition coefficient (Wildman–Crippen LogP) is 0.881. The first-order valence-electron chi connectivity index (χ1n) is 12.1. The molecule has 0 aromatic heterocycles. The summed E-state index contributed by atoms with van der Waals surface area (Å²) < 4.78 is 39.4. The summed E-state index contributed by atoms with van der Waals surface area (Å²) in [7, 11) is -2.61. The number of benzene rings is 2. The van der Waals surface area contributed by atoms with Crippen LogP contribution in [0.15, 0.2) is 35.2 Å². The van der Waals surface area contributed by atoms with Gasteiger partial charge in [0.15, 0.2) is 0 Å². The number of sulfonamides is 1. The van der Waals surface area contributed by atoms with Crippen molar-refractivity contribution in [2.45, 2.75) is 43.4 Å². The minimum atomic E-state index is -4.28. The fourth-order valence-corrected chi connectivity index (χ4v) is 7.25. The summed E-state index contributed by atoms with van der Waals surface area (Å²) in [6.07, 6.45) is 5.64. The van der Waals surface area contributed by atoms with Gasteiger partial charge in [0.2, 0.25) is 0 Å². The number of fused-ring (bicyclic) bond motifs is 3. The molecule has 2 aliphatic carbocycles. The van der Waals surface area contributed by atoms with Gasteiger partial charge >= 0.3 is 24.7 Å². The fraction of sp³-hybridized carbons (Fsp3) is 0.375. The summed E-state index contributed by atoms with van der Waals surface area (Å²) >= 11 is 0. The zero-order valence-corrected chi connectivity index (χ0v) is 20.7. The van der Waals surface area contributed by atoms with Gasteiger partial charge in [0, 0.05) is 12.7 Å². The molecule has 6 rings (SSSR count). The van der Waals surface area contributed by atoms with E-state index < -0.39 is 34.7 Å². The lowest BCUT2D eigenvalue weighted by Crippen LogP contribution is -2.67. The van der Waals surface area contributed by atoms with Gasteiger partial charge in [-0.15, -0.1) is 0 Å². The lowest BCUT2D eigenvalue weighted by Gasteiger charge is -2.40. The highest BCUT2D eigenvalue weighted by Crippen LogP contribution is 2.38. The molecule has 2 N–H and O–H groups in total. The molecule has 2 aromatic rings. The third-order valence-electron chi connectivity index (χ3n) is 7.91. The second-order valence-corrected chi connectivity index (χ2v) is 12.0. The molecular formula is C24H26BN3O7S. The molecule has 10 nitrogen and oxygen atoms in total. The van der Waals surface area contributed by atoms with E-state index >= 15 is 0 Å². The van der Waals surface area contributed by atoms with E-state index in [0.717, 1.165) is 55.3 Å². The molecule has 2 saturated heterocycles. The van der Waals surface area contributed by atoms with E-state index in [-0.39, 0.29) is 27.8 Å². The van der Waals surface area contributed by atoms with Gasteiger partial charge < -0.3 is 19.0 Å². The molecule has 2 fully saturated rings. The number of anilines is 1. The van der Waals surface area contributed by atoms with Crippen LogP contribution in [0, 0.1) is 0 Å². The number of nitrogens with one attached hydrogen (secondary N) is 2. The number of hydrogen-bond donors (Lipinski definition) is 2. The molecule has 2 amide bonds. The first-order valence-corrected chi connectivity index (χ1v) is 13.6. The summed E-state index contributed by atoms with van der Waals surface area (Å²) in [5.74, 6) is -1.06. The van der Waals surface area contributed by atoms with Gasteiger partial charge in [-0.25, -0.2) is 17.9 Å². The van der Waals surface area contributed by atoms with Crippen LogP contribution < -0.4 is 15.5 Å². The summed E-state index contributed by atoms with van der Waals surface area (Å²) in [6, 6.07) is 7.05. The molecule has 4 aliphatic rings. The van der Waals surface area contributed by atoms with E-state index in [1.165, 1.54) is 29.3 Å². The number of hydrogen-bond acceptors (Lipinski definition) is 7. The second-order valence-electron chi connectivity index (χ2n) is 10.3. The summed E-state index contributed by atoms with van der Waals surface area (Å²) in [5, 5.41) is 2.82. The first kappa shape index (κ1) is 23.0. The number of nitrogens with zero attached hydrogens (tertiary/aromatic N) is 1. The van der Waals surface area contributed by atoms with E-state index in [2.05, 4.69) is 16.1 Å². The van der Waals surface area contributed by atoms with Gasteiger partial charge in [0.05, 0.1) is 4.90 Å². The second kappa shape index (κ2) is 7.81. The maximum absolute atomic E-state index is 13.2. The van der Waals surface area contributed by atoms with Gasteiger partial charge in [-0.1, -0.05) is 24.3 Å². The third kappa shape index (κ3) is 3.42. The molecule has 0 spiro atoms. The van der Waals surface area contributed by atoms with Gasteiger partial charge in [-0.2, -0.15) is 0 Å². The fourth-order valence-electron chi connectivity index (χ4n) is 6.29. The van der Waals surface area contributed by atoms with Crippen LogP contribution in [0.4, 0.5) is 10.5 Å². The van der Waals surface area contributed by atoms with Gasteiger partial charge in [-0.3, -0.25) is 9.59 Å². The van der Waals surface area contributed by atoms with Crippen LogP contribution in [0.3, 0.4) is 0 Å². The normalized spacial score (nSPS) is 26.1. The zero-order chi connectivity index (χ0) is 25.3. The maximum atomic E-state index is 13.2. The Hall–Kier alpha value is -3.38. The Morgan fingerprint density at radius 3 is 2.17 bits per heavy atom. The Balaban J connectivity index is 1.28. The molecule has 0 bridgehead atoms. The van der Waals surface area contributed by atoms with Crippen molar-refractivity contribution in [3.63, 3.8) is 0 Å². The minimum Gasteiger partial charge on any atom is -0.596 e. The average molecular weight is 511 g/mol. The molecular weight excluding hydrogens is 485 g/mol. The van der Waals surface area contributed by atoms with Crippen LogP contribution in [0.5, 0.6) is 0 Å². The van der Waals surface area contributed by atoms with Crippen molar-refractivity contribution < 1.29 is 36.5 Å². The van der Waals surface area contributed by atoms with Crippen molar-refractivity contribution in [1.82, 2.24) is 4.72 Å². The smallest absolute Gasteiger partial charge is 0.596 e. The number of carbonyl (C=O) groups excluding carboxylic acids is 3. The largest absolute Gasteiger partial charge is 0.614 e. The number of likely N-dealkylation sites (N-methyl/N-ethyl adjacent to an activating group) is 1. The molecule has 2 heterocycles.